The van der Waals surface area contributed by atoms with E-state index in [-0.39, 0.29) is 52.6 Å². The highest BCUT2D eigenvalue weighted by Gasteiger charge is 2.31. The molecule has 3 N–H and O–H groups in total. The summed E-state index contributed by atoms with van der Waals surface area (Å²) < 4.78 is 19.1. The summed E-state index contributed by atoms with van der Waals surface area (Å²) in [4.78, 5) is 44.0. The lowest BCUT2D eigenvalue weighted by Crippen LogP contribution is -2.41. The zero-order valence-electron chi connectivity index (χ0n) is 15.2. The van der Waals surface area contributed by atoms with Gasteiger partial charge in [0.1, 0.15) is 26.4 Å². The lowest BCUT2D eigenvalue weighted by molar-refractivity contribution is -0.137. The van der Waals surface area contributed by atoms with E-state index in [0.29, 0.717) is 6.42 Å². The lowest BCUT2D eigenvalue weighted by Gasteiger charge is -2.29. The molecule has 11 heteroatoms. The maximum atomic E-state index is 11.6. The average Bonchev–Trinajstić information content (AvgIpc) is 2.69. The van der Waals surface area contributed by atoms with E-state index in [0.717, 1.165) is 6.08 Å². The third-order valence-electron chi connectivity index (χ3n) is 3.44. The maximum Gasteiger partial charge on any atom is 0.407 e. The molecule has 0 saturated carbocycles. The van der Waals surface area contributed by atoms with Crippen LogP contribution in [0.2, 0.25) is 0 Å². The van der Waals surface area contributed by atoms with Gasteiger partial charge in [0.05, 0.1) is 25.1 Å². The molecule has 0 rings (SSSR count). The summed E-state index contributed by atoms with van der Waals surface area (Å²) in [7, 11) is 0. The Morgan fingerprint density at radius 2 is 1.59 bits per heavy atom. The van der Waals surface area contributed by atoms with Crippen LogP contribution < -0.4 is 10.6 Å². The van der Waals surface area contributed by atoms with Crippen LogP contribution in [0.25, 0.3) is 0 Å². The van der Waals surface area contributed by atoms with Gasteiger partial charge in [-0.3, -0.25) is 4.79 Å². The fourth-order valence-electron chi connectivity index (χ4n) is 1.61. The van der Waals surface area contributed by atoms with Crippen molar-refractivity contribution in [3.8, 4) is 0 Å². The van der Waals surface area contributed by atoms with Crippen molar-refractivity contribution in [1.82, 2.24) is 10.6 Å². The van der Waals surface area contributed by atoms with Gasteiger partial charge in [-0.15, -0.1) is 0 Å². The van der Waals surface area contributed by atoms with Crippen LogP contribution in [0.3, 0.4) is 0 Å². The molecule has 11 nitrogen and oxygen atoms in total. The number of ether oxygens (including phenoxy) is 4. The molecule has 0 bridgehead atoms. The highest BCUT2D eigenvalue weighted by molar-refractivity contribution is 5.81. The number of alkyl carbamates (subject to hydrolysis) is 2. The first-order chi connectivity index (χ1) is 12.9. The van der Waals surface area contributed by atoms with E-state index in [2.05, 4.69) is 26.7 Å². The third kappa shape index (κ3) is 11.4. The number of hydrogen-bond donors (Lipinski definition) is 3. The van der Waals surface area contributed by atoms with Crippen molar-refractivity contribution in [2.24, 2.45) is 5.41 Å². The summed E-state index contributed by atoms with van der Waals surface area (Å²) in [6.07, 6.45) is -0.161. The van der Waals surface area contributed by atoms with Gasteiger partial charge in [0.15, 0.2) is 0 Å². The Labute approximate surface area is 157 Å². The molecule has 0 spiro atoms. The monoisotopic (exact) mass is 390 g/mol. The number of carbonyl (C=O) groups is 4. The number of nitrogens with one attached hydrogen (secondary N) is 2. The van der Waals surface area contributed by atoms with Crippen LogP contribution in [0, 0.1) is 5.41 Å². The van der Waals surface area contributed by atoms with Crippen LogP contribution in [0.1, 0.15) is 13.3 Å². The second-order valence-corrected chi connectivity index (χ2v) is 5.36. The summed E-state index contributed by atoms with van der Waals surface area (Å²) in [5.41, 5.74) is -0.969. The van der Waals surface area contributed by atoms with Gasteiger partial charge in [-0.25, -0.2) is 14.4 Å². The first-order valence-corrected chi connectivity index (χ1v) is 8.19. The Morgan fingerprint density at radius 1 is 1.04 bits per heavy atom. The number of esters is 1. The van der Waals surface area contributed by atoms with Gasteiger partial charge in [-0.2, -0.15) is 0 Å². The van der Waals surface area contributed by atoms with Crippen LogP contribution in [0.5, 0.6) is 0 Å². The molecule has 0 aliphatic heterocycles. The largest absolute Gasteiger partial charge is 0.466 e. The summed E-state index contributed by atoms with van der Waals surface area (Å²) in [5, 5.41) is 14.3. The van der Waals surface area contributed by atoms with Crippen LogP contribution >= 0.6 is 0 Å². The highest BCUT2D eigenvalue weighted by atomic mass is 16.6. The Kier molecular flexibility index (Phi) is 12.9. The molecule has 0 heterocycles. The van der Waals surface area contributed by atoms with E-state index in [9.17, 15) is 24.3 Å². The normalized spacial score (nSPS) is 12.1. The van der Waals surface area contributed by atoms with Crippen molar-refractivity contribution in [3.63, 3.8) is 0 Å². The molecule has 27 heavy (non-hydrogen) atoms. The fourth-order valence-corrected chi connectivity index (χ4v) is 1.61. The summed E-state index contributed by atoms with van der Waals surface area (Å²) in [6, 6.07) is 0. The van der Waals surface area contributed by atoms with Crippen LogP contribution in [0.4, 0.5) is 9.59 Å². The second kappa shape index (κ2) is 14.4. The summed E-state index contributed by atoms with van der Waals surface area (Å²) in [6.45, 7) is 4.54. The lowest BCUT2D eigenvalue weighted by atomic mass is 9.88. The zero-order valence-corrected chi connectivity index (χ0v) is 15.2. The third-order valence-corrected chi connectivity index (χ3v) is 3.44. The maximum absolute atomic E-state index is 11.6. The summed E-state index contributed by atoms with van der Waals surface area (Å²) >= 11 is 0. The van der Waals surface area contributed by atoms with Crippen LogP contribution in [-0.4, -0.2) is 75.9 Å². The smallest absolute Gasteiger partial charge is 0.407 e. The molecule has 0 aromatic rings. The van der Waals surface area contributed by atoms with Crippen molar-refractivity contribution in [2.75, 3.05) is 46.1 Å². The zero-order chi connectivity index (χ0) is 20.5. The molecule has 0 aromatic carbocycles. The number of hydrogen-bond acceptors (Lipinski definition) is 9. The van der Waals surface area contributed by atoms with Crippen molar-refractivity contribution in [3.05, 3.63) is 12.7 Å². The van der Waals surface area contributed by atoms with Gasteiger partial charge in [-0.1, -0.05) is 13.5 Å². The van der Waals surface area contributed by atoms with Crippen molar-refractivity contribution in [2.45, 2.75) is 13.3 Å². The molecule has 0 aromatic heterocycles. The van der Waals surface area contributed by atoms with Crippen molar-refractivity contribution in [1.29, 1.82) is 0 Å². The van der Waals surface area contributed by atoms with Crippen molar-refractivity contribution < 1.29 is 43.2 Å². The van der Waals surface area contributed by atoms with E-state index in [1.54, 1.807) is 6.92 Å². The second-order valence-electron chi connectivity index (χ2n) is 5.36. The molecule has 0 saturated heterocycles. The van der Waals surface area contributed by atoms with Gasteiger partial charge in [0.2, 0.25) is 0 Å². The quantitative estimate of drug-likeness (QED) is 0.120. The fraction of sp³-hybridized carbons (Fsp3) is 0.625. The number of amides is 2. The van der Waals surface area contributed by atoms with Gasteiger partial charge < -0.3 is 34.7 Å². The number of carbonyl (C=O) groups excluding carboxylic acids is 4. The van der Waals surface area contributed by atoms with E-state index in [1.807, 2.05) is 0 Å². The van der Waals surface area contributed by atoms with Gasteiger partial charge in [-0.05, 0) is 6.42 Å². The molecule has 1 atom stereocenters. The predicted octanol–water partition coefficient (Wildman–Crippen LogP) is -0.270. The molecular weight excluding hydrogens is 364 g/mol. The Morgan fingerprint density at radius 3 is 2.04 bits per heavy atom. The highest BCUT2D eigenvalue weighted by Crippen LogP contribution is 2.22. The molecule has 154 valence electrons. The minimum absolute atomic E-state index is 0.00289. The first-order valence-electron chi connectivity index (χ1n) is 8.19. The molecule has 0 radical (unpaired) electrons. The van der Waals surface area contributed by atoms with E-state index >= 15 is 0 Å². The van der Waals surface area contributed by atoms with Gasteiger partial charge >= 0.3 is 18.2 Å². The molecule has 1 unspecified atom stereocenters. The van der Waals surface area contributed by atoms with E-state index in [1.165, 1.54) is 0 Å². The number of aliphatic hydroxyl groups excluding tert-OH is 1. The molecule has 0 aliphatic rings. The van der Waals surface area contributed by atoms with Crippen LogP contribution in [0.15, 0.2) is 12.7 Å². The first kappa shape index (κ1) is 24.2. The molecule has 2 amide bonds. The number of rotatable bonds is 14. The molecular formula is C16H26N2O9. The topological polar surface area (TPSA) is 149 Å². The Hall–Kier alpha value is -2.82. The minimum Gasteiger partial charge on any atom is -0.466 e. The Balaban J connectivity index is 4.22. The molecule has 0 fully saturated rings. The van der Waals surface area contributed by atoms with Crippen LogP contribution in [-0.2, 0) is 28.5 Å². The van der Waals surface area contributed by atoms with Gasteiger partial charge in [0.25, 0.3) is 6.47 Å². The SMILES string of the molecule is C=CC(=O)OCCNC(=O)OCC(CC)(CO)COC(=O)NCCOC=O. The van der Waals surface area contributed by atoms with Gasteiger partial charge in [0, 0.05) is 6.08 Å². The predicted molar refractivity (Wildman–Crippen MR) is 91.7 cm³/mol. The Bertz CT molecular complexity index is 492. The minimum atomic E-state index is -0.969. The summed E-state index contributed by atoms with van der Waals surface area (Å²) in [5.74, 6) is -0.608. The van der Waals surface area contributed by atoms with E-state index < -0.39 is 23.6 Å². The number of aliphatic hydroxyl groups is 1. The average molecular weight is 390 g/mol. The van der Waals surface area contributed by atoms with E-state index in [4.69, 9.17) is 9.47 Å². The molecule has 0 aliphatic carbocycles. The van der Waals surface area contributed by atoms with Crippen molar-refractivity contribution >= 4 is 24.6 Å². The standard InChI is InChI=1S/C16H26N2O9/c1-3-13(21)25-8-6-18-15(23)27-11-16(4-2,9-19)10-26-14(22)17-5-7-24-12-20/h3,12,19H,1,4-11H2,2H3,(H,17,22)(H,18,23).